The minimum Gasteiger partial charge on any atom is -0.344 e. The van der Waals surface area contributed by atoms with Crippen LogP contribution in [0.15, 0.2) is 30.5 Å². The van der Waals surface area contributed by atoms with Gasteiger partial charge in [0.15, 0.2) is 5.82 Å². The van der Waals surface area contributed by atoms with Gasteiger partial charge < -0.3 is 9.47 Å². The van der Waals surface area contributed by atoms with Gasteiger partial charge in [0.2, 0.25) is 0 Å². The van der Waals surface area contributed by atoms with Gasteiger partial charge in [-0.15, -0.1) is 0 Å². The maximum Gasteiger partial charge on any atom is 0.433 e. The lowest BCUT2D eigenvalue weighted by atomic mass is 10.0. The Morgan fingerprint density at radius 3 is 2.64 bits per heavy atom. The highest BCUT2D eigenvalue weighted by Gasteiger charge is 2.32. The first-order valence-corrected chi connectivity index (χ1v) is 9.32. The van der Waals surface area contributed by atoms with Crippen molar-refractivity contribution in [3.05, 3.63) is 63.8 Å². The zero-order valence-electron chi connectivity index (χ0n) is 15.2. The molecular formula is C20H18ClF4N3. The predicted molar refractivity (Wildman–Crippen MR) is 99.9 cm³/mol. The molecule has 3 heterocycles. The lowest BCUT2D eigenvalue weighted by molar-refractivity contribution is -0.141. The van der Waals surface area contributed by atoms with E-state index in [1.165, 1.54) is 12.3 Å². The van der Waals surface area contributed by atoms with Crippen molar-refractivity contribution in [2.75, 3.05) is 13.6 Å². The first-order valence-electron chi connectivity index (χ1n) is 8.94. The smallest absolute Gasteiger partial charge is 0.344 e. The van der Waals surface area contributed by atoms with Crippen molar-refractivity contribution in [1.82, 2.24) is 14.5 Å². The molecule has 148 valence electrons. The fraction of sp³-hybridized carbons (Fsp3) is 0.350. The van der Waals surface area contributed by atoms with E-state index in [9.17, 15) is 17.6 Å². The van der Waals surface area contributed by atoms with Gasteiger partial charge in [-0.2, -0.15) is 13.2 Å². The number of benzene rings is 1. The lowest BCUT2D eigenvalue weighted by Gasteiger charge is -2.24. The van der Waals surface area contributed by atoms with Crippen molar-refractivity contribution in [1.29, 1.82) is 0 Å². The number of halogens is 5. The number of hydrogen-bond donors (Lipinski definition) is 0. The van der Waals surface area contributed by atoms with Crippen LogP contribution in [0.4, 0.5) is 17.6 Å². The van der Waals surface area contributed by atoms with Crippen LogP contribution in [-0.2, 0) is 32.1 Å². The largest absolute Gasteiger partial charge is 0.433 e. The van der Waals surface area contributed by atoms with E-state index in [4.69, 9.17) is 11.6 Å². The maximum absolute atomic E-state index is 14.8. The molecule has 0 N–H and O–H groups in total. The third-order valence-corrected chi connectivity index (χ3v) is 5.53. The summed E-state index contributed by atoms with van der Waals surface area (Å²) >= 11 is 6.00. The third kappa shape index (κ3) is 3.37. The summed E-state index contributed by atoms with van der Waals surface area (Å²) in [6, 6.07) is 5.79. The molecule has 3 aromatic rings. The molecule has 4 rings (SSSR count). The van der Waals surface area contributed by atoms with Crippen LogP contribution in [0, 0.1) is 5.82 Å². The van der Waals surface area contributed by atoms with E-state index >= 15 is 0 Å². The second-order valence-corrected chi connectivity index (χ2v) is 7.53. The lowest BCUT2D eigenvalue weighted by Crippen LogP contribution is -2.27. The van der Waals surface area contributed by atoms with E-state index in [0.29, 0.717) is 30.5 Å². The molecule has 3 nitrogen and oxygen atoms in total. The van der Waals surface area contributed by atoms with Crippen LogP contribution < -0.4 is 0 Å². The molecule has 0 saturated carbocycles. The Morgan fingerprint density at radius 1 is 1.18 bits per heavy atom. The number of alkyl halides is 3. The zero-order chi connectivity index (χ0) is 20.1. The summed E-state index contributed by atoms with van der Waals surface area (Å²) < 4.78 is 54.9. The Balaban J connectivity index is 1.68. The zero-order valence-corrected chi connectivity index (χ0v) is 15.9. The second kappa shape index (κ2) is 7.04. The van der Waals surface area contributed by atoms with Gasteiger partial charge in [0.25, 0.3) is 0 Å². The number of rotatable bonds is 3. The van der Waals surface area contributed by atoms with Crippen LogP contribution in [0.3, 0.4) is 0 Å². The van der Waals surface area contributed by atoms with E-state index in [1.807, 2.05) is 13.1 Å². The molecule has 0 saturated heterocycles. The number of pyridine rings is 1. The SMILES string of the molecule is CN1CCc2c(c3c(F)c(Cl)ccc3n2CCc2ccc(C(F)(F)F)nc2)C1. The highest BCUT2D eigenvalue weighted by molar-refractivity contribution is 6.31. The Hall–Kier alpha value is -2.12. The first-order chi connectivity index (χ1) is 13.3. The van der Waals surface area contributed by atoms with Gasteiger partial charge in [0.05, 0.1) is 10.5 Å². The first kappa shape index (κ1) is 19.2. The summed E-state index contributed by atoms with van der Waals surface area (Å²) in [5.41, 5.74) is 2.57. The van der Waals surface area contributed by atoms with Crippen LogP contribution in [0.5, 0.6) is 0 Å². The van der Waals surface area contributed by atoms with E-state index in [1.54, 1.807) is 6.07 Å². The Labute approximate surface area is 164 Å². The molecule has 2 aromatic heterocycles. The Morgan fingerprint density at radius 2 is 1.96 bits per heavy atom. The normalized spacial score (nSPS) is 15.2. The summed E-state index contributed by atoms with van der Waals surface area (Å²) in [6.07, 6.45) is -1.91. The molecule has 0 unspecified atom stereocenters. The summed E-state index contributed by atoms with van der Waals surface area (Å²) in [7, 11) is 1.99. The van der Waals surface area contributed by atoms with Crippen molar-refractivity contribution in [2.24, 2.45) is 0 Å². The molecule has 1 aliphatic rings. The summed E-state index contributed by atoms with van der Waals surface area (Å²) in [4.78, 5) is 5.65. The molecule has 0 fully saturated rings. The van der Waals surface area contributed by atoms with Crippen LogP contribution >= 0.6 is 11.6 Å². The van der Waals surface area contributed by atoms with Crippen molar-refractivity contribution in [3.63, 3.8) is 0 Å². The third-order valence-electron chi connectivity index (χ3n) is 5.24. The van der Waals surface area contributed by atoms with Crippen LogP contribution in [-0.4, -0.2) is 28.0 Å². The van der Waals surface area contributed by atoms with Crippen LogP contribution in [0.25, 0.3) is 10.9 Å². The number of fused-ring (bicyclic) bond motifs is 3. The molecule has 0 aliphatic carbocycles. The minimum absolute atomic E-state index is 0.0904. The van der Waals surface area contributed by atoms with Crippen molar-refractivity contribution in [2.45, 2.75) is 32.1 Å². The van der Waals surface area contributed by atoms with E-state index in [2.05, 4.69) is 14.5 Å². The average molecular weight is 412 g/mol. The Bertz CT molecular complexity index is 1020. The highest BCUT2D eigenvalue weighted by atomic mass is 35.5. The van der Waals surface area contributed by atoms with E-state index < -0.39 is 17.7 Å². The molecule has 1 aliphatic heterocycles. The van der Waals surface area contributed by atoms with E-state index in [0.717, 1.165) is 35.8 Å². The summed E-state index contributed by atoms with van der Waals surface area (Å²) in [6.45, 7) is 2.03. The quantitative estimate of drug-likeness (QED) is 0.560. The molecule has 8 heteroatoms. The molecule has 0 spiro atoms. The number of nitrogens with zero attached hydrogens (tertiary/aromatic N) is 3. The Kier molecular flexibility index (Phi) is 4.83. The van der Waals surface area contributed by atoms with E-state index in [-0.39, 0.29) is 5.02 Å². The topological polar surface area (TPSA) is 21.1 Å². The molecule has 0 atom stereocenters. The van der Waals surface area contributed by atoms with Gasteiger partial charge >= 0.3 is 6.18 Å². The van der Waals surface area contributed by atoms with Gasteiger partial charge in [-0.3, -0.25) is 4.98 Å². The fourth-order valence-corrected chi connectivity index (χ4v) is 4.00. The van der Waals surface area contributed by atoms with Gasteiger partial charge in [0, 0.05) is 43.3 Å². The van der Waals surface area contributed by atoms with Gasteiger partial charge in [0.1, 0.15) is 5.69 Å². The molecule has 28 heavy (non-hydrogen) atoms. The standard InChI is InChI=1S/C20H18ClF4N3/c1-27-8-7-15-13(11-27)18-16(4-3-14(21)19(18)22)28(15)9-6-12-2-5-17(26-10-12)20(23,24)25/h2-5,10H,6-9,11H2,1H3. The van der Waals surface area contributed by atoms with Crippen LogP contribution in [0.1, 0.15) is 22.5 Å². The second-order valence-electron chi connectivity index (χ2n) is 7.12. The molecular weight excluding hydrogens is 394 g/mol. The van der Waals surface area contributed by atoms with Crippen molar-refractivity contribution >= 4 is 22.5 Å². The van der Waals surface area contributed by atoms with Crippen molar-refractivity contribution in [3.8, 4) is 0 Å². The molecule has 0 amide bonds. The van der Waals surface area contributed by atoms with Gasteiger partial charge in [-0.05, 0) is 42.8 Å². The predicted octanol–water partition coefficient (Wildman–Crippen LogP) is 5.08. The minimum atomic E-state index is -4.45. The monoisotopic (exact) mass is 411 g/mol. The number of likely N-dealkylation sites (N-methyl/N-ethyl adjacent to an activating group) is 1. The summed E-state index contributed by atoms with van der Waals surface area (Å²) in [5, 5.41) is 0.632. The van der Waals surface area contributed by atoms with Gasteiger partial charge in [-0.25, -0.2) is 4.39 Å². The fourth-order valence-electron chi connectivity index (χ4n) is 3.84. The maximum atomic E-state index is 14.8. The molecule has 0 bridgehead atoms. The molecule has 1 aromatic carbocycles. The highest BCUT2D eigenvalue weighted by Crippen LogP contribution is 2.35. The summed E-state index contributed by atoms with van der Waals surface area (Å²) in [5.74, 6) is -0.416. The number of hydrogen-bond acceptors (Lipinski definition) is 2. The van der Waals surface area contributed by atoms with Crippen LogP contribution in [0.2, 0.25) is 5.02 Å². The average Bonchev–Trinajstić information content (AvgIpc) is 2.96. The molecule has 0 radical (unpaired) electrons. The number of aryl methyl sites for hydroxylation is 2. The van der Waals surface area contributed by atoms with Crippen molar-refractivity contribution < 1.29 is 17.6 Å². The van der Waals surface area contributed by atoms with Gasteiger partial charge in [-0.1, -0.05) is 17.7 Å². The number of aromatic nitrogens is 2.